The van der Waals surface area contributed by atoms with Gasteiger partial charge in [0.2, 0.25) is 0 Å². The minimum atomic E-state index is -0.756. The van der Waals surface area contributed by atoms with Crippen molar-refractivity contribution in [2.24, 2.45) is 0 Å². The third kappa shape index (κ3) is 4.26. The molecule has 1 aliphatic heterocycles. The second-order valence-corrected chi connectivity index (χ2v) is 6.97. The summed E-state index contributed by atoms with van der Waals surface area (Å²) in [5.41, 5.74) is 1.88. The summed E-state index contributed by atoms with van der Waals surface area (Å²) in [7, 11) is 0. The van der Waals surface area contributed by atoms with Gasteiger partial charge in [0, 0.05) is 47.9 Å². The van der Waals surface area contributed by atoms with E-state index in [-0.39, 0.29) is 41.3 Å². The Morgan fingerprint density at radius 3 is 2.67 bits per heavy atom. The van der Waals surface area contributed by atoms with Gasteiger partial charge in [-0.2, -0.15) is 0 Å². The number of benzene rings is 1. The lowest BCUT2D eigenvalue weighted by molar-refractivity contribution is 0.255. The Balaban J connectivity index is 2.13. The summed E-state index contributed by atoms with van der Waals surface area (Å²) < 4.78 is 28.2. The molecule has 1 fully saturated rings. The fraction of sp³-hybridized carbons (Fsp3) is 0.450. The van der Waals surface area contributed by atoms with Gasteiger partial charge in [-0.15, -0.1) is 0 Å². The molecule has 2 unspecified atom stereocenters. The number of hydrogen-bond acceptors (Lipinski definition) is 5. The number of aliphatic hydroxyl groups excluding tert-OH is 1. The van der Waals surface area contributed by atoms with E-state index in [2.05, 4.69) is 22.5 Å². The number of aliphatic hydroxyl groups is 1. The molecule has 0 amide bonds. The fourth-order valence-corrected chi connectivity index (χ4v) is 3.30. The Bertz CT molecular complexity index is 825. The van der Waals surface area contributed by atoms with Crippen molar-refractivity contribution >= 4 is 0 Å². The van der Waals surface area contributed by atoms with Crippen molar-refractivity contribution in [1.82, 2.24) is 15.6 Å². The molecular weight excluding hydrogens is 352 g/mol. The molecule has 0 spiro atoms. The molecule has 5 nitrogen and oxygen atoms in total. The number of pyridine rings is 1. The van der Waals surface area contributed by atoms with Crippen molar-refractivity contribution in [2.45, 2.75) is 38.6 Å². The molecule has 1 aromatic carbocycles. The summed E-state index contributed by atoms with van der Waals surface area (Å²) in [6, 6.07) is 4.05. The molecule has 7 heteroatoms. The first-order chi connectivity index (χ1) is 13.0. The number of aromatic hydroxyl groups is 1. The summed E-state index contributed by atoms with van der Waals surface area (Å²) in [6.07, 6.45) is 1.74. The predicted molar refractivity (Wildman–Crippen MR) is 99.5 cm³/mol. The van der Waals surface area contributed by atoms with Gasteiger partial charge >= 0.3 is 0 Å². The van der Waals surface area contributed by atoms with Crippen LogP contribution in [0.3, 0.4) is 0 Å². The number of hydrogen-bond donors (Lipinski definition) is 4. The maximum absolute atomic E-state index is 14.5. The Labute approximate surface area is 157 Å². The van der Waals surface area contributed by atoms with Crippen LogP contribution in [0.2, 0.25) is 0 Å². The molecule has 0 aliphatic carbocycles. The number of halogens is 2. The number of aromatic nitrogens is 1. The zero-order valence-corrected chi connectivity index (χ0v) is 15.5. The highest BCUT2D eigenvalue weighted by Gasteiger charge is 2.30. The van der Waals surface area contributed by atoms with Gasteiger partial charge < -0.3 is 15.5 Å². The molecule has 1 aromatic heterocycles. The molecule has 1 saturated heterocycles. The molecule has 146 valence electrons. The monoisotopic (exact) mass is 377 g/mol. The number of aryl methyl sites for hydroxylation is 1. The third-order valence-corrected chi connectivity index (χ3v) is 4.89. The summed E-state index contributed by atoms with van der Waals surface area (Å²) >= 11 is 0. The van der Waals surface area contributed by atoms with Crippen LogP contribution in [0, 0.1) is 18.6 Å². The second-order valence-electron chi connectivity index (χ2n) is 6.97. The number of nitrogens with one attached hydrogen (secondary N) is 2. The smallest absolute Gasteiger partial charge is 0.146 e. The molecule has 27 heavy (non-hydrogen) atoms. The second kappa shape index (κ2) is 8.29. The zero-order chi connectivity index (χ0) is 19.6. The molecule has 1 aliphatic rings. The van der Waals surface area contributed by atoms with E-state index in [4.69, 9.17) is 5.11 Å². The highest BCUT2D eigenvalue weighted by molar-refractivity contribution is 5.70. The number of nitrogens with zero attached hydrogens (tertiary/aromatic N) is 1. The summed E-state index contributed by atoms with van der Waals surface area (Å²) in [4.78, 5) is 4.55. The molecule has 0 radical (unpaired) electrons. The van der Waals surface area contributed by atoms with Crippen molar-refractivity contribution in [3.05, 3.63) is 46.7 Å². The normalized spacial score (nSPS) is 17.1. The van der Waals surface area contributed by atoms with Crippen LogP contribution in [0.1, 0.15) is 48.5 Å². The van der Waals surface area contributed by atoms with Gasteiger partial charge in [0.05, 0.1) is 6.73 Å². The summed E-state index contributed by atoms with van der Waals surface area (Å²) in [5.74, 6) is -1.46. The summed E-state index contributed by atoms with van der Waals surface area (Å²) in [5, 5.41) is 25.9. The van der Waals surface area contributed by atoms with E-state index >= 15 is 0 Å². The van der Waals surface area contributed by atoms with Crippen LogP contribution in [-0.4, -0.2) is 35.0 Å². The van der Waals surface area contributed by atoms with E-state index in [1.807, 2.05) is 6.07 Å². The summed E-state index contributed by atoms with van der Waals surface area (Å²) in [6.45, 7) is 4.71. The van der Waals surface area contributed by atoms with Gasteiger partial charge in [-0.3, -0.25) is 5.32 Å². The largest absolute Gasteiger partial charge is 0.505 e. The molecule has 2 aromatic rings. The molecule has 0 bridgehead atoms. The van der Waals surface area contributed by atoms with E-state index in [9.17, 15) is 13.9 Å². The quantitative estimate of drug-likeness (QED) is 0.419. The molecule has 3 rings (SSSR count). The first-order valence-corrected chi connectivity index (χ1v) is 9.21. The first-order valence-electron chi connectivity index (χ1n) is 9.21. The Hall–Kier alpha value is -2.09. The van der Waals surface area contributed by atoms with Gasteiger partial charge in [-0.05, 0) is 31.0 Å². The lowest BCUT2D eigenvalue weighted by atomic mass is 9.94. The Kier molecular flexibility index (Phi) is 6.04. The van der Waals surface area contributed by atoms with Crippen LogP contribution in [0.4, 0.5) is 8.78 Å². The minimum absolute atomic E-state index is 0.00295. The number of rotatable bonds is 8. The van der Waals surface area contributed by atoms with Crippen molar-refractivity contribution in [1.29, 1.82) is 0 Å². The minimum Gasteiger partial charge on any atom is -0.505 e. The van der Waals surface area contributed by atoms with Gasteiger partial charge in [0.15, 0.2) is 0 Å². The van der Waals surface area contributed by atoms with Crippen LogP contribution >= 0.6 is 0 Å². The highest BCUT2D eigenvalue weighted by atomic mass is 19.1. The van der Waals surface area contributed by atoms with Crippen molar-refractivity contribution in [3.8, 4) is 17.0 Å². The van der Waals surface area contributed by atoms with Crippen LogP contribution in [0.25, 0.3) is 11.3 Å². The van der Waals surface area contributed by atoms with Crippen LogP contribution in [0.15, 0.2) is 18.2 Å². The van der Waals surface area contributed by atoms with Crippen molar-refractivity contribution in [3.63, 3.8) is 0 Å². The lowest BCUT2D eigenvalue weighted by Crippen LogP contribution is -2.23. The van der Waals surface area contributed by atoms with Crippen LogP contribution in [0.5, 0.6) is 5.75 Å². The van der Waals surface area contributed by atoms with Crippen molar-refractivity contribution in [2.75, 3.05) is 19.8 Å². The average molecular weight is 377 g/mol. The first kappa shape index (κ1) is 19.7. The van der Waals surface area contributed by atoms with Gasteiger partial charge in [-0.25, -0.2) is 13.8 Å². The van der Waals surface area contributed by atoms with E-state index in [1.54, 1.807) is 6.92 Å². The molecule has 2 heterocycles. The molecular formula is C20H25F2N3O2. The van der Waals surface area contributed by atoms with E-state index < -0.39 is 11.6 Å². The van der Waals surface area contributed by atoms with E-state index in [1.165, 1.54) is 6.07 Å². The lowest BCUT2D eigenvalue weighted by Gasteiger charge is -2.19. The van der Waals surface area contributed by atoms with Crippen LogP contribution < -0.4 is 10.6 Å². The van der Waals surface area contributed by atoms with E-state index in [0.29, 0.717) is 12.1 Å². The fourth-order valence-electron chi connectivity index (χ4n) is 3.30. The topological polar surface area (TPSA) is 87.3 Å². The average Bonchev–Trinajstić information content (AvgIpc) is 3.47. The van der Waals surface area contributed by atoms with Gasteiger partial charge in [-0.1, -0.05) is 13.3 Å². The molecule has 0 saturated carbocycles. The maximum atomic E-state index is 14.5. The third-order valence-electron chi connectivity index (χ3n) is 4.89. The SMILES string of the molecule is CCCC(CNCO)c1cc(C2CN2)c(O)c(-c2cc(C)c(F)cc2F)n1. The Morgan fingerprint density at radius 1 is 1.30 bits per heavy atom. The Morgan fingerprint density at radius 2 is 2.04 bits per heavy atom. The standard InChI is InChI=1S/C20H25F2N3O2/c1-3-4-12(8-23-10-26)17-6-14(18-9-24-18)20(27)19(25-17)13-5-11(2)15(21)7-16(13)22/h5-7,12,18,23-24,26-27H,3-4,8-10H2,1-2H3. The van der Waals surface area contributed by atoms with Gasteiger partial charge in [0.1, 0.15) is 23.1 Å². The molecule has 4 N–H and O–H groups in total. The zero-order valence-electron chi connectivity index (χ0n) is 15.5. The maximum Gasteiger partial charge on any atom is 0.146 e. The predicted octanol–water partition coefficient (Wildman–Crippen LogP) is 3.11. The van der Waals surface area contributed by atoms with Crippen LogP contribution in [-0.2, 0) is 0 Å². The highest BCUT2D eigenvalue weighted by Crippen LogP contribution is 2.40. The van der Waals surface area contributed by atoms with Gasteiger partial charge in [0.25, 0.3) is 0 Å². The van der Waals surface area contributed by atoms with Crippen molar-refractivity contribution < 1.29 is 19.0 Å². The molecule has 2 atom stereocenters. The van der Waals surface area contributed by atoms with E-state index in [0.717, 1.165) is 31.1 Å².